The Morgan fingerprint density at radius 1 is 1.32 bits per heavy atom. The van der Waals surface area contributed by atoms with E-state index < -0.39 is 0 Å². The zero-order valence-corrected chi connectivity index (χ0v) is 12.0. The van der Waals surface area contributed by atoms with Gasteiger partial charge in [0.25, 0.3) is 0 Å². The van der Waals surface area contributed by atoms with Gasteiger partial charge in [-0.2, -0.15) is 0 Å². The zero-order valence-electron chi connectivity index (χ0n) is 11.3. The number of carbonyl (C=O) groups is 1. The largest absolute Gasteiger partial charge is 0.493 e. The molecule has 0 aliphatic heterocycles. The number of rotatable bonds is 8. The van der Waals surface area contributed by atoms with Gasteiger partial charge in [-0.3, -0.25) is 4.79 Å². The van der Waals surface area contributed by atoms with E-state index in [0.29, 0.717) is 30.6 Å². The lowest BCUT2D eigenvalue weighted by Gasteiger charge is -2.11. The van der Waals surface area contributed by atoms with E-state index in [4.69, 9.17) is 25.8 Å². The minimum Gasteiger partial charge on any atom is -0.493 e. The van der Waals surface area contributed by atoms with Gasteiger partial charge >= 0.3 is 5.97 Å². The molecule has 0 bridgehead atoms. The van der Waals surface area contributed by atoms with Crippen LogP contribution >= 0.6 is 11.6 Å². The van der Waals surface area contributed by atoms with Crippen molar-refractivity contribution in [2.45, 2.75) is 19.8 Å². The summed E-state index contributed by atoms with van der Waals surface area (Å²) < 4.78 is 15.7. The predicted octanol–water partition coefficient (Wildman–Crippen LogP) is 2.81. The molecule has 0 spiro atoms. The molecule has 4 nitrogen and oxygen atoms in total. The van der Waals surface area contributed by atoms with Gasteiger partial charge in [0, 0.05) is 5.88 Å². The maximum atomic E-state index is 11.4. The van der Waals surface area contributed by atoms with Gasteiger partial charge < -0.3 is 14.2 Å². The zero-order chi connectivity index (χ0) is 14.1. The molecular weight excluding hydrogens is 268 g/mol. The molecule has 5 heteroatoms. The van der Waals surface area contributed by atoms with Crippen molar-refractivity contribution in [2.75, 3.05) is 26.2 Å². The highest BCUT2D eigenvalue weighted by Gasteiger charge is 2.09. The van der Waals surface area contributed by atoms with E-state index in [-0.39, 0.29) is 12.4 Å². The van der Waals surface area contributed by atoms with Crippen LogP contribution in [0.2, 0.25) is 0 Å². The lowest BCUT2D eigenvalue weighted by Crippen LogP contribution is -2.08. The summed E-state index contributed by atoms with van der Waals surface area (Å²) >= 11 is 5.59. The standard InChI is InChI=1S/C14H19ClO4/c1-3-18-14(16)10-11-5-6-12(13(9-11)17-2)19-8-4-7-15/h5-6,9H,3-4,7-8,10H2,1-2H3. The van der Waals surface area contributed by atoms with Crippen LogP contribution in [0.25, 0.3) is 0 Å². The van der Waals surface area contributed by atoms with Gasteiger partial charge in [-0.25, -0.2) is 0 Å². The first-order chi connectivity index (χ1) is 9.21. The predicted molar refractivity (Wildman–Crippen MR) is 74.2 cm³/mol. The first-order valence-corrected chi connectivity index (χ1v) is 6.76. The van der Waals surface area contributed by atoms with E-state index in [9.17, 15) is 4.79 Å². The van der Waals surface area contributed by atoms with Crippen LogP contribution in [0.3, 0.4) is 0 Å². The Morgan fingerprint density at radius 3 is 2.74 bits per heavy atom. The van der Waals surface area contributed by atoms with Gasteiger partial charge in [0.1, 0.15) is 0 Å². The average Bonchev–Trinajstić information content (AvgIpc) is 2.40. The second-order valence-corrected chi connectivity index (χ2v) is 4.24. The highest BCUT2D eigenvalue weighted by molar-refractivity contribution is 6.17. The number of methoxy groups -OCH3 is 1. The number of benzene rings is 1. The van der Waals surface area contributed by atoms with Crippen LogP contribution in [-0.2, 0) is 16.0 Å². The third-order valence-corrected chi connectivity index (χ3v) is 2.68. The maximum absolute atomic E-state index is 11.4. The molecule has 0 fully saturated rings. The monoisotopic (exact) mass is 286 g/mol. The molecule has 0 heterocycles. The van der Waals surface area contributed by atoms with E-state index in [2.05, 4.69) is 0 Å². The van der Waals surface area contributed by atoms with Gasteiger partial charge in [-0.05, 0) is 31.0 Å². The number of halogens is 1. The summed E-state index contributed by atoms with van der Waals surface area (Å²) in [7, 11) is 1.57. The summed E-state index contributed by atoms with van der Waals surface area (Å²) in [5.74, 6) is 1.57. The number of hydrogen-bond donors (Lipinski definition) is 0. The van der Waals surface area contributed by atoms with Crippen LogP contribution in [0.1, 0.15) is 18.9 Å². The minimum atomic E-state index is -0.250. The van der Waals surface area contributed by atoms with E-state index in [1.807, 2.05) is 6.07 Å². The van der Waals surface area contributed by atoms with Crippen molar-refractivity contribution in [2.24, 2.45) is 0 Å². The van der Waals surface area contributed by atoms with Crippen molar-refractivity contribution in [3.05, 3.63) is 23.8 Å². The van der Waals surface area contributed by atoms with Gasteiger partial charge in [-0.15, -0.1) is 11.6 Å². The molecule has 0 N–H and O–H groups in total. The molecule has 1 aromatic rings. The van der Waals surface area contributed by atoms with Gasteiger partial charge in [0.05, 0.1) is 26.7 Å². The first-order valence-electron chi connectivity index (χ1n) is 6.22. The highest BCUT2D eigenvalue weighted by atomic mass is 35.5. The van der Waals surface area contributed by atoms with Crippen LogP contribution in [-0.4, -0.2) is 32.2 Å². The summed E-state index contributed by atoms with van der Waals surface area (Å²) in [4.78, 5) is 11.4. The third kappa shape index (κ3) is 5.39. The average molecular weight is 287 g/mol. The lowest BCUT2D eigenvalue weighted by molar-refractivity contribution is -0.142. The summed E-state index contributed by atoms with van der Waals surface area (Å²) in [6.45, 7) is 2.71. The molecule has 19 heavy (non-hydrogen) atoms. The van der Waals surface area contributed by atoms with Crippen molar-refractivity contribution in [1.82, 2.24) is 0 Å². The van der Waals surface area contributed by atoms with Crippen molar-refractivity contribution in [1.29, 1.82) is 0 Å². The van der Waals surface area contributed by atoms with E-state index in [1.165, 1.54) is 0 Å². The lowest BCUT2D eigenvalue weighted by atomic mass is 10.1. The summed E-state index contributed by atoms with van der Waals surface area (Å²) in [5, 5.41) is 0. The molecule has 1 aromatic carbocycles. The SMILES string of the molecule is CCOC(=O)Cc1ccc(OCCCCl)c(OC)c1. The van der Waals surface area contributed by atoms with Crippen molar-refractivity contribution in [3.8, 4) is 11.5 Å². The van der Waals surface area contributed by atoms with Crippen molar-refractivity contribution >= 4 is 17.6 Å². The highest BCUT2D eigenvalue weighted by Crippen LogP contribution is 2.28. The Bertz CT molecular complexity index is 406. The van der Waals surface area contributed by atoms with Crippen LogP contribution in [0.15, 0.2) is 18.2 Å². The summed E-state index contributed by atoms with van der Waals surface area (Å²) in [6, 6.07) is 5.41. The Balaban J connectivity index is 2.69. The fourth-order valence-electron chi connectivity index (χ4n) is 1.56. The number of alkyl halides is 1. The minimum absolute atomic E-state index is 0.228. The molecule has 0 atom stereocenters. The Labute approximate surface area is 118 Å². The molecular formula is C14H19ClO4. The van der Waals surface area contributed by atoms with Gasteiger partial charge in [0.2, 0.25) is 0 Å². The summed E-state index contributed by atoms with van der Waals surface area (Å²) in [5.41, 5.74) is 0.833. The fraction of sp³-hybridized carbons (Fsp3) is 0.500. The molecule has 1 rings (SSSR count). The first kappa shape index (κ1) is 15.6. The van der Waals surface area contributed by atoms with E-state index in [1.54, 1.807) is 26.2 Å². The number of esters is 1. The second-order valence-electron chi connectivity index (χ2n) is 3.86. The molecule has 0 aromatic heterocycles. The van der Waals surface area contributed by atoms with Gasteiger partial charge in [-0.1, -0.05) is 6.07 Å². The number of hydrogen-bond acceptors (Lipinski definition) is 4. The van der Waals surface area contributed by atoms with Gasteiger partial charge in [0.15, 0.2) is 11.5 Å². The fourth-order valence-corrected chi connectivity index (χ4v) is 1.67. The Hall–Kier alpha value is -1.42. The van der Waals surface area contributed by atoms with Crippen molar-refractivity contribution < 1.29 is 19.0 Å². The molecule has 0 amide bonds. The quantitative estimate of drug-likeness (QED) is 0.419. The van der Waals surface area contributed by atoms with E-state index in [0.717, 1.165) is 12.0 Å². The second kappa shape index (κ2) is 8.64. The molecule has 0 unspecified atom stereocenters. The molecule has 0 saturated heterocycles. The number of ether oxygens (including phenoxy) is 3. The van der Waals surface area contributed by atoms with E-state index >= 15 is 0 Å². The summed E-state index contributed by atoms with van der Waals surface area (Å²) in [6.07, 6.45) is 1.00. The van der Waals surface area contributed by atoms with Crippen LogP contribution in [0.5, 0.6) is 11.5 Å². The molecule has 0 aliphatic rings. The molecule has 0 aliphatic carbocycles. The van der Waals surface area contributed by atoms with Crippen LogP contribution < -0.4 is 9.47 Å². The van der Waals surface area contributed by atoms with Crippen LogP contribution in [0, 0.1) is 0 Å². The van der Waals surface area contributed by atoms with Crippen LogP contribution in [0.4, 0.5) is 0 Å². The molecule has 0 saturated carbocycles. The Kier molecular flexibility index (Phi) is 7.11. The normalized spacial score (nSPS) is 10.1. The smallest absolute Gasteiger partial charge is 0.310 e. The third-order valence-electron chi connectivity index (χ3n) is 2.42. The maximum Gasteiger partial charge on any atom is 0.310 e. The number of carbonyl (C=O) groups excluding carboxylic acids is 1. The van der Waals surface area contributed by atoms with Crippen molar-refractivity contribution in [3.63, 3.8) is 0 Å². The topological polar surface area (TPSA) is 44.8 Å². The molecule has 106 valence electrons. The Morgan fingerprint density at radius 2 is 2.11 bits per heavy atom. The molecule has 0 radical (unpaired) electrons.